The molecule has 4 nitrogen and oxygen atoms in total. The molecule has 0 aliphatic heterocycles. The number of nitrogens with one attached hydrogen (secondary N) is 1. The lowest BCUT2D eigenvalue weighted by atomic mass is 9.93. The van der Waals surface area contributed by atoms with Crippen molar-refractivity contribution in [3.8, 4) is 0 Å². The third kappa shape index (κ3) is 5.47. The van der Waals surface area contributed by atoms with Crippen molar-refractivity contribution in [2.45, 2.75) is 27.2 Å². The van der Waals surface area contributed by atoms with Crippen LogP contribution in [0, 0.1) is 5.41 Å². The summed E-state index contributed by atoms with van der Waals surface area (Å²) in [5.74, 6) is -0.101. The lowest BCUT2D eigenvalue weighted by Crippen LogP contribution is -2.40. The Morgan fingerprint density at radius 1 is 1.40 bits per heavy atom. The van der Waals surface area contributed by atoms with Gasteiger partial charge in [-0.15, -0.1) is 0 Å². The fourth-order valence-corrected chi connectivity index (χ4v) is 2.42. The molecule has 1 heterocycles. The highest BCUT2D eigenvalue weighted by Gasteiger charge is 2.20. The molecule has 20 heavy (non-hydrogen) atoms. The Kier molecular flexibility index (Phi) is 5.96. The lowest BCUT2D eigenvalue weighted by molar-refractivity contribution is 0.0929. The Hall–Kier alpha value is -1.13. The molecule has 1 aromatic rings. The van der Waals surface area contributed by atoms with Crippen molar-refractivity contribution in [2.24, 2.45) is 5.41 Å². The zero-order valence-electron chi connectivity index (χ0n) is 13.0. The Balaban J connectivity index is 2.70. The third-order valence-electron chi connectivity index (χ3n) is 2.94. The van der Waals surface area contributed by atoms with Gasteiger partial charge in [-0.05, 0) is 38.1 Å². The Bertz CT molecular complexity index is 472. The van der Waals surface area contributed by atoms with Crippen LogP contribution in [0.1, 0.15) is 36.8 Å². The van der Waals surface area contributed by atoms with E-state index < -0.39 is 0 Å². The van der Waals surface area contributed by atoms with Gasteiger partial charge in [-0.3, -0.25) is 4.79 Å². The van der Waals surface area contributed by atoms with Crippen molar-refractivity contribution in [3.63, 3.8) is 0 Å². The quantitative estimate of drug-likeness (QED) is 0.821. The lowest BCUT2D eigenvalue weighted by Gasteiger charge is -2.28. The van der Waals surface area contributed by atoms with Gasteiger partial charge in [-0.25, -0.2) is 4.98 Å². The monoisotopic (exact) mass is 297 g/mol. The number of aromatic nitrogens is 1. The van der Waals surface area contributed by atoms with Gasteiger partial charge in [0.25, 0.3) is 5.91 Å². The predicted molar refractivity (Wildman–Crippen MR) is 83.3 cm³/mol. The molecule has 1 aromatic heterocycles. The van der Waals surface area contributed by atoms with Gasteiger partial charge in [0, 0.05) is 24.3 Å². The molecular formula is C15H24ClN3O. The van der Waals surface area contributed by atoms with Gasteiger partial charge in [-0.1, -0.05) is 32.4 Å². The molecule has 0 bridgehead atoms. The number of hydrogen-bond acceptors (Lipinski definition) is 3. The van der Waals surface area contributed by atoms with E-state index in [9.17, 15) is 4.79 Å². The molecule has 0 fully saturated rings. The van der Waals surface area contributed by atoms with Gasteiger partial charge < -0.3 is 10.2 Å². The summed E-state index contributed by atoms with van der Waals surface area (Å²) < 4.78 is 0. The number of nitrogens with zero attached hydrogens (tertiary/aromatic N) is 2. The molecule has 0 spiro atoms. The first-order valence-corrected chi connectivity index (χ1v) is 7.20. The fraction of sp³-hybridized carbons (Fsp3) is 0.600. The molecule has 0 aliphatic carbocycles. The van der Waals surface area contributed by atoms with Crippen molar-refractivity contribution in [3.05, 3.63) is 28.5 Å². The number of carbonyl (C=O) groups is 1. The molecule has 0 aromatic carbocycles. The van der Waals surface area contributed by atoms with Crippen LogP contribution >= 0.6 is 11.6 Å². The maximum atomic E-state index is 12.2. The highest BCUT2D eigenvalue weighted by Crippen LogP contribution is 2.15. The van der Waals surface area contributed by atoms with Gasteiger partial charge in [-0.2, -0.15) is 0 Å². The largest absolute Gasteiger partial charge is 0.351 e. The van der Waals surface area contributed by atoms with Crippen molar-refractivity contribution in [2.75, 3.05) is 27.2 Å². The minimum Gasteiger partial charge on any atom is -0.351 e. The first kappa shape index (κ1) is 16.9. The second-order valence-corrected chi connectivity index (χ2v) is 6.50. The van der Waals surface area contributed by atoms with Crippen LogP contribution in [0.3, 0.4) is 0 Å². The molecule has 0 atom stereocenters. The number of pyridine rings is 1. The zero-order chi connectivity index (χ0) is 15.3. The Morgan fingerprint density at radius 2 is 2.05 bits per heavy atom. The fourth-order valence-electron chi connectivity index (χ4n) is 2.20. The van der Waals surface area contributed by atoms with Gasteiger partial charge in [0.05, 0.1) is 0 Å². The average molecular weight is 298 g/mol. The zero-order valence-corrected chi connectivity index (χ0v) is 13.7. The highest BCUT2D eigenvalue weighted by molar-refractivity contribution is 6.29. The topological polar surface area (TPSA) is 45.2 Å². The second kappa shape index (κ2) is 7.04. The molecule has 0 saturated heterocycles. The van der Waals surface area contributed by atoms with Crippen LogP contribution in [0.4, 0.5) is 0 Å². The summed E-state index contributed by atoms with van der Waals surface area (Å²) in [7, 11) is 4.06. The Morgan fingerprint density at radius 3 is 2.60 bits per heavy atom. The smallest absolute Gasteiger partial charge is 0.251 e. The third-order valence-corrected chi connectivity index (χ3v) is 3.14. The van der Waals surface area contributed by atoms with E-state index in [1.165, 1.54) is 0 Å². The molecule has 0 saturated carbocycles. The molecular weight excluding hydrogens is 274 g/mol. The number of hydrogen-bond donors (Lipinski definition) is 1. The number of rotatable bonds is 6. The maximum absolute atomic E-state index is 12.2. The van der Waals surface area contributed by atoms with Crippen molar-refractivity contribution >= 4 is 17.5 Å². The van der Waals surface area contributed by atoms with Crippen molar-refractivity contribution in [1.82, 2.24) is 15.2 Å². The summed E-state index contributed by atoms with van der Waals surface area (Å²) in [6, 6.07) is 3.40. The van der Waals surface area contributed by atoms with Crippen LogP contribution in [0.25, 0.3) is 0 Å². The standard InChI is InChI=1S/C15H24ClN3O/c1-6-12-7-11(8-13(16)18-12)14(20)17-9-15(2,3)10-19(4)5/h7-8H,6,9-10H2,1-5H3,(H,17,20). The molecule has 0 radical (unpaired) electrons. The number of carbonyl (C=O) groups excluding carboxylic acids is 1. The van der Waals surface area contributed by atoms with E-state index in [4.69, 9.17) is 11.6 Å². The first-order chi connectivity index (χ1) is 9.23. The number of amides is 1. The predicted octanol–water partition coefficient (Wildman–Crippen LogP) is 2.62. The van der Waals surface area contributed by atoms with E-state index in [0.29, 0.717) is 17.3 Å². The van der Waals surface area contributed by atoms with Crippen LogP contribution in [0.5, 0.6) is 0 Å². The molecule has 0 aliphatic rings. The van der Waals surface area contributed by atoms with Crippen LogP contribution < -0.4 is 5.32 Å². The highest BCUT2D eigenvalue weighted by atomic mass is 35.5. The van der Waals surface area contributed by atoms with Crippen molar-refractivity contribution < 1.29 is 4.79 Å². The van der Waals surface area contributed by atoms with E-state index in [1.54, 1.807) is 12.1 Å². The Labute approximate surface area is 126 Å². The van der Waals surface area contributed by atoms with Crippen LogP contribution in [-0.2, 0) is 6.42 Å². The van der Waals surface area contributed by atoms with Crippen LogP contribution in [0.15, 0.2) is 12.1 Å². The van der Waals surface area contributed by atoms with E-state index in [1.807, 2.05) is 21.0 Å². The van der Waals surface area contributed by atoms with Gasteiger partial charge in [0.1, 0.15) is 5.15 Å². The normalized spacial score (nSPS) is 11.8. The summed E-state index contributed by atoms with van der Waals surface area (Å²) in [4.78, 5) is 18.5. The maximum Gasteiger partial charge on any atom is 0.251 e. The van der Waals surface area contributed by atoms with Crippen LogP contribution in [-0.4, -0.2) is 43.0 Å². The molecule has 0 unspecified atom stereocenters. The van der Waals surface area contributed by atoms with Crippen molar-refractivity contribution in [1.29, 1.82) is 0 Å². The van der Waals surface area contributed by atoms with Crippen LogP contribution in [0.2, 0.25) is 5.15 Å². The minimum absolute atomic E-state index is 0.0174. The van der Waals surface area contributed by atoms with E-state index in [-0.39, 0.29) is 11.3 Å². The summed E-state index contributed by atoms with van der Waals surface area (Å²) in [6.45, 7) is 7.77. The second-order valence-electron chi connectivity index (χ2n) is 6.11. The summed E-state index contributed by atoms with van der Waals surface area (Å²) in [5, 5.41) is 3.33. The molecule has 1 N–H and O–H groups in total. The molecule has 5 heteroatoms. The summed E-state index contributed by atoms with van der Waals surface area (Å²) in [5.41, 5.74) is 1.42. The van der Waals surface area contributed by atoms with Gasteiger partial charge >= 0.3 is 0 Å². The summed E-state index contributed by atoms with van der Waals surface area (Å²) in [6.07, 6.45) is 0.757. The molecule has 1 rings (SSSR count). The number of halogens is 1. The molecule has 112 valence electrons. The van der Waals surface area contributed by atoms with Gasteiger partial charge in [0.2, 0.25) is 0 Å². The van der Waals surface area contributed by atoms with E-state index >= 15 is 0 Å². The SMILES string of the molecule is CCc1cc(C(=O)NCC(C)(C)CN(C)C)cc(Cl)n1. The van der Waals surface area contributed by atoms with E-state index in [2.05, 4.69) is 29.0 Å². The molecule has 1 amide bonds. The van der Waals surface area contributed by atoms with Gasteiger partial charge in [0.15, 0.2) is 0 Å². The number of aryl methyl sites for hydroxylation is 1. The first-order valence-electron chi connectivity index (χ1n) is 6.83. The summed E-state index contributed by atoms with van der Waals surface area (Å²) >= 11 is 5.93. The minimum atomic E-state index is -0.101. The van der Waals surface area contributed by atoms with E-state index in [0.717, 1.165) is 18.7 Å². The average Bonchev–Trinajstić information content (AvgIpc) is 2.33.